The fourth-order valence-corrected chi connectivity index (χ4v) is 1.45. The van der Waals surface area contributed by atoms with Crippen LogP contribution in [0.1, 0.15) is 27.6 Å². The lowest BCUT2D eigenvalue weighted by Crippen LogP contribution is -2.09. The van der Waals surface area contributed by atoms with E-state index in [-0.39, 0.29) is 5.91 Å². The average Bonchev–Trinajstić information content (AvgIpc) is 2.49. The Labute approximate surface area is 118 Å². The Morgan fingerprint density at radius 3 is 2.35 bits per heavy atom. The summed E-state index contributed by atoms with van der Waals surface area (Å²) in [6, 6.07) is 15.9. The molecule has 104 valence electrons. The van der Waals surface area contributed by atoms with E-state index < -0.39 is 0 Å². The van der Waals surface area contributed by atoms with Gasteiger partial charge in [0.2, 0.25) is 5.91 Å². The van der Waals surface area contributed by atoms with E-state index in [0.29, 0.717) is 17.7 Å². The standard InChI is InChI=1S/C9H10O2.C7H7NO/c1-2-11-9-5-3-4-8(6-9)7-10;8-7(9)6-4-2-1-3-5-6/h3-7H,2H2,1H3;1-5H,(H2,8,9). The fraction of sp³-hybridized carbons (Fsp3) is 0.125. The van der Waals surface area contributed by atoms with Gasteiger partial charge in [0, 0.05) is 11.1 Å². The van der Waals surface area contributed by atoms with E-state index in [1.165, 1.54) is 0 Å². The SMILES string of the molecule is CCOc1cccc(C=O)c1.NC(=O)c1ccccc1. The van der Waals surface area contributed by atoms with E-state index in [1.807, 2.05) is 19.1 Å². The first-order chi connectivity index (χ1) is 9.67. The number of carbonyl (C=O) groups excluding carboxylic acids is 2. The van der Waals surface area contributed by atoms with Gasteiger partial charge in [-0.05, 0) is 31.2 Å². The predicted molar refractivity (Wildman–Crippen MR) is 78.0 cm³/mol. The molecule has 0 bridgehead atoms. The lowest BCUT2D eigenvalue weighted by molar-refractivity contribution is 0.1000. The van der Waals surface area contributed by atoms with Crippen molar-refractivity contribution in [3.05, 3.63) is 65.7 Å². The molecule has 2 N–H and O–H groups in total. The van der Waals surface area contributed by atoms with Gasteiger partial charge in [-0.3, -0.25) is 9.59 Å². The van der Waals surface area contributed by atoms with Gasteiger partial charge in [-0.25, -0.2) is 0 Å². The highest BCUT2D eigenvalue weighted by Gasteiger charge is 1.94. The number of hydrogen-bond donors (Lipinski definition) is 1. The molecule has 0 fully saturated rings. The topological polar surface area (TPSA) is 69.4 Å². The quantitative estimate of drug-likeness (QED) is 0.869. The Bertz CT molecular complexity index is 553. The van der Waals surface area contributed by atoms with E-state index in [4.69, 9.17) is 10.5 Å². The molecule has 0 saturated carbocycles. The van der Waals surface area contributed by atoms with Gasteiger partial charge in [0.25, 0.3) is 0 Å². The normalized spacial score (nSPS) is 9.05. The van der Waals surface area contributed by atoms with Crippen molar-refractivity contribution in [1.29, 1.82) is 0 Å². The third-order valence-electron chi connectivity index (χ3n) is 2.36. The molecule has 0 aliphatic rings. The van der Waals surface area contributed by atoms with Gasteiger partial charge in [-0.15, -0.1) is 0 Å². The molecule has 0 atom stereocenters. The number of ether oxygens (including phenoxy) is 1. The molecular formula is C16H17NO3. The van der Waals surface area contributed by atoms with Gasteiger partial charge in [-0.1, -0.05) is 30.3 Å². The number of aldehydes is 1. The predicted octanol–water partition coefficient (Wildman–Crippen LogP) is 2.68. The summed E-state index contributed by atoms with van der Waals surface area (Å²) in [5, 5.41) is 0. The van der Waals surface area contributed by atoms with Crippen molar-refractivity contribution in [2.75, 3.05) is 6.61 Å². The summed E-state index contributed by atoms with van der Waals surface area (Å²) in [4.78, 5) is 20.7. The molecule has 0 radical (unpaired) electrons. The molecule has 0 heterocycles. The van der Waals surface area contributed by atoms with Crippen LogP contribution in [0, 0.1) is 0 Å². The molecule has 2 rings (SSSR count). The van der Waals surface area contributed by atoms with Crippen LogP contribution in [0.25, 0.3) is 0 Å². The summed E-state index contributed by atoms with van der Waals surface area (Å²) < 4.78 is 5.19. The van der Waals surface area contributed by atoms with Gasteiger partial charge in [-0.2, -0.15) is 0 Å². The number of rotatable bonds is 4. The largest absolute Gasteiger partial charge is 0.494 e. The number of carbonyl (C=O) groups is 2. The summed E-state index contributed by atoms with van der Waals surface area (Å²) in [6.07, 6.45) is 0.808. The zero-order valence-corrected chi connectivity index (χ0v) is 11.3. The molecule has 0 spiro atoms. The summed E-state index contributed by atoms with van der Waals surface area (Å²) in [5.74, 6) is 0.368. The first kappa shape index (κ1) is 15.4. The molecule has 0 aromatic heterocycles. The molecular weight excluding hydrogens is 254 g/mol. The third-order valence-corrected chi connectivity index (χ3v) is 2.36. The van der Waals surface area contributed by atoms with Crippen molar-refractivity contribution in [2.24, 2.45) is 5.73 Å². The molecule has 0 saturated heterocycles. The third kappa shape index (κ3) is 5.35. The second-order valence-electron chi connectivity index (χ2n) is 3.85. The molecule has 20 heavy (non-hydrogen) atoms. The van der Waals surface area contributed by atoms with Gasteiger partial charge < -0.3 is 10.5 Å². The van der Waals surface area contributed by atoms with Gasteiger partial charge in [0.1, 0.15) is 12.0 Å². The zero-order chi connectivity index (χ0) is 14.8. The van der Waals surface area contributed by atoms with Crippen LogP contribution in [-0.4, -0.2) is 18.8 Å². The number of primary amides is 1. The molecule has 0 unspecified atom stereocenters. The van der Waals surface area contributed by atoms with Crippen LogP contribution in [0.5, 0.6) is 5.75 Å². The van der Waals surface area contributed by atoms with Gasteiger partial charge >= 0.3 is 0 Å². The van der Waals surface area contributed by atoms with E-state index in [1.54, 1.807) is 42.5 Å². The zero-order valence-electron chi connectivity index (χ0n) is 11.3. The second-order valence-corrected chi connectivity index (χ2v) is 3.85. The highest BCUT2D eigenvalue weighted by atomic mass is 16.5. The lowest BCUT2D eigenvalue weighted by atomic mass is 10.2. The highest BCUT2D eigenvalue weighted by Crippen LogP contribution is 2.11. The number of nitrogens with two attached hydrogens (primary N) is 1. The number of amides is 1. The minimum atomic E-state index is -0.379. The van der Waals surface area contributed by atoms with E-state index in [0.717, 1.165) is 12.0 Å². The second kappa shape index (κ2) is 8.48. The molecule has 2 aromatic carbocycles. The summed E-state index contributed by atoms with van der Waals surface area (Å²) >= 11 is 0. The maximum Gasteiger partial charge on any atom is 0.248 e. The molecule has 1 amide bonds. The van der Waals surface area contributed by atoms with E-state index >= 15 is 0 Å². The summed E-state index contributed by atoms with van der Waals surface area (Å²) in [6.45, 7) is 2.54. The maximum atomic E-state index is 10.4. The smallest absolute Gasteiger partial charge is 0.248 e. The van der Waals surface area contributed by atoms with Gasteiger partial charge in [0.15, 0.2) is 0 Å². The maximum absolute atomic E-state index is 10.4. The lowest BCUT2D eigenvalue weighted by Gasteiger charge is -2.01. The number of hydrogen-bond acceptors (Lipinski definition) is 3. The van der Waals surface area contributed by atoms with Crippen molar-refractivity contribution < 1.29 is 14.3 Å². The fourth-order valence-electron chi connectivity index (χ4n) is 1.45. The van der Waals surface area contributed by atoms with Crippen LogP contribution in [0.15, 0.2) is 54.6 Å². The van der Waals surface area contributed by atoms with Crippen LogP contribution in [-0.2, 0) is 0 Å². The van der Waals surface area contributed by atoms with Gasteiger partial charge in [0.05, 0.1) is 6.61 Å². The van der Waals surface area contributed by atoms with Crippen molar-refractivity contribution >= 4 is 12.2 Å². The molecule has 0 aliphatic carbocycles. The van der Waals surface area contributed by atoms with Crippen molar-refractivity contribution in [2.45, 2.75) is 6.92 Å². The van der Waals surface area contributed by atoms with Crippen LogP contribution in [0.3, 0.4) is 0 Å². The number of benzene rings is 2. The first-order valence-electron chi connectivity index (χ1n) is 6.20. The molecule has 4 nitrogen and oxygen atoms in total. The molecule has 2 aromatic rings. The van der Waals surface area contributed by atoms with Crippen LogP contribution < -0.4 is 10.5 Å². The highest BCUT2D eigenvalue weighted by molar-refractivity contribution is 5.92. The van der Waals surface area contributed by atoms with E-state index in [2.05, 4.69) is 0 Å². The Morgan fingerprint density at radius 1 is 1.15 bits per heavy atom. The minimum Gasteiger partial charge on any atom is -0.494 e. The Kier molecular flexibility index (Phi) is 6.54. The summed E-state index contributed by atoms with van der Waals surface area (Å²) in [5.41, 5.74) is 6.18. The minimum absolute atomic E-state index is 0.379. The van der Waals surface area contributed by atoms with Crippen molar-refractivity contribution in [1.82, 2.24) is 0 Å². The average molecular weight is 271 g/mol. The van der Waals surface area contributed by atoms with Crippen LogP contribution in [0.4, 0.5) is 0 Å². The Morgan fingerprint density at radius 2 is 1.85 bits per heavy atom. The molecule has 4 heteroatoms. The molecule has 0 aliphatic heterocycles. The van der Waals surface area contributed by atoms with Crippen molar-refractivity contribution in [3.63, 3.8) is 0 Å². The monoisotopic (exact) mass is 271 g/mol. The van der Waals surface area contributed by atoms with Crippen LogP contribution >= 0.6 is 0 Å². The Hall–Kier alpha value is -2.62. The van der Waals surface area contributed by atoms with Crippen molar-refractivity contribution in [3.8, 4) is 5.75 Å². The van der Waals surface area contributed by atoms with Crippen LogP contribution in [0.2, 0.25) is 0 Å². The van der Waals surface area contributed by atoms with E-state index in [9.17, 15) is 9.59 Å². The first-order valence-corrected chi connectivity index (χ1v) is 6.20. The Balaban J connectivity index is 0.000000204. The summed E-state index contributed by atoms with van der Waals surface area (Å²) in [7, 11) is 0.